The fourth-order valence-corrected chi connectivity index (χ4v) is 3.00. The highest BCUT2D eigenvalue weighted by atomic mass is 79.9. The van der Waals surface area contributed by atoms with Crippen molar-refractivity contribution in [3.63, 3.8) is 0 Å². The molecule has 1 atom stereocenters. The van der Waals surface area contributed by atoms with Crippen molar-refractivity contribution in [1.82, 2.24) is 0 Å². The van der Waals surface area contributed by atoms with Crippen molar-refractivity contribution < 1.29 is 9.59 Å². The second kappa shape index (κ2) is 6.72. The van der Waals surface area contributed by atoms with Crippen molar-refractivity contribution in [2.45, 2.75) is 6.42 Å². The molecule has 118 valence electrons. The van der Waals surface area contributed by atoms with Crippen LogP contribution in [0.15, 0.2) is 53.0 Å². The summed E-state index contributed by atoms with van der Waals surface area (Å²) in [4.78, 5) is 26.2. The Morgan fingerprint density at radius 3 is 2.65 bits per heavy atom. The molecule has 3 rings (SSSR count). The van der Waals surface area contributed by atoms with Crippen molar-refractivity contribution >= 4 is 50.7 Å². The third kappa shape index (κ3) is 3.74. The van der Waals surface area contributed by atoms with Gasteiger partial charge in [-0.05, 0) is 42.5 Å². The van der Waals surface area contributed by atoms with E-state index < -0.39 is 0 Å². The fourth-order valence-electron chi connectivity index (χ4n) is 2.55. The number of benzene rings is 2. The second-order valence-corrected chi connectivity index (χ2v) is 6.73. The maximum absolute atomic E-state index is 12.4. The molecule has 1 aliphatic rings. The Labute approximate surface area is 147 Å². The highest BCUT2D eigenvalue weighted by Crippen LogP contribution is 2.28. The molecular weight excluding hydrogens is 380 g/mol. The maximum Gasteiger partial charge on any atom is 0.229 e. The molecule has 4 nitrogen and oxygen atoms in total. The minimum Gasteiger partial charge on any atom is -0.326 e. The van der Waals surface area contributed by atoms with Crippen LogP contribution in [0.1, 0.15) is 6.42 Å². The molecule has 1 fully saturated rings. The summed E-state index contributed by atoms with van der Waals surface area (Å²) >= 11 is 9.32. The normalized spacial score (nSPS) is 17.4. The minimum atomic E-state index is -0.370. The van der Waals surface area contributed by atoms with Gasteiger partial charge in [0.25, 0.3) is 0 Å². The fraction of sp³-hybridized carbons (Fsp3) is 0.176. The third-order valence-electron chi connectivity index (χ3n) is 3.73. The average molecular weight is 394 g/mol. The molecule has 23 heavy (non-hydrogen) atoms. The lowest BCUT2D eigenvalue weighted by molar-refractivity contribution is -0.122. The summed E-state index contributed by atoms with van der Waals surface area (Å²) in [6.45, 7) is 0.363. The van der Waals surface area contributed by atoms with Crippen molar-refractivity contribution in [2.75, 3.05) is 16.8 Å². The van der Waals surface area contributed by atoms with Crippen LogP contribution in [0.2, 0.25) is 5.02 Å². The maximum atomic E-state index is 12.4. The molecule has 0 radical (unpaired) electrons. The molecule has 2 aromatic rings. The summed E-state index contributed by atoms with van der Waals surface area (Å²) in [5.74, 6) is -0.585. The number of anilines is 2. The number of carbonyl (C=O) groups is 2. The third-order valence-corrected chi connectivity index (χ3v) is 4.49. The Balaban J connectivity index is 1.69. The van der Waals surface area contributed by atoms with Crippen LogP contribution in [-0.4, -0.2) is 18.4 Å². The predicted octanol–water partition coefficient (Wildman–Crippen LogP) is 4.09. The highest BCUT2D eigenvalue weighted by molar-refractivity contribution is 9.10. The first-order valence-corrected chi connectivity index (χ1v) is 8.32. The van der Waals surface area contributed by atoms with Gasteiger partial charge in [-0.15, -0.1) is 0 Å². The Morgan fingerprint density at radius 1 is 1.22 bits per heavy atom. The summed E-state index contributed by atoms with van der Waals surface area (Å²) in [5.41, 5.74) is 1.44. The van der Waals surface area contributed by atoms with E-state index >= 15 is 0 Å². The molecule has 1 heterocycles. The Hall–Kier alpha value is -1.85. The summed E-state index contributed by atoms with van der Waals surface area (Å²) in [6, 6.07) is 14.4. The SMILES string of the molecule is O=C(Nc1ccc(Br)cc1)[C@H]1CC(=O)N(c2cccc(Cl)c2)C1. The monoisotopic (exact) mass is 392 g/mol. The van der Waals surface area contributed by atoms with Crippen molar-refractivity contribution in [3.8, 4) is 0 Å². The van der Waals surface area contributed by atoms with Crippen molar-refractivity contribution in [3.05, 3.63) is 58.0 Å². The first kappa shape index (κ1) is 16.0. The topological polar surface area (TPSA) is 49.4 Å². The molecule has 2 aromatic carbocycles. The van der Waals surface area contributed by atoms with E-state index in [9.17, 15) is 9.59 Å². The van der Waals surface area contributed by atoms with Crippen LogP contribution in [0.5, 0.6) is 0 Å². The highest BCUT2D eigenvalue weighted by Gasteiger charge is 2.35. The second-order valence-electron chi connectivity index (χ2n) is 5.38. The standard InChI is InChI=1S/C17H14BrClN2O2/c18-12-4-6-14(7-5-12)20-17(23)11-8-16(22)21(10-11)15-3-1-2-13(19)9-15/h1-7,9,11H,8,10H2,(H,20,23)/t11-/m0/s1. The molecule has 6 heteroatoms. The lowest BCUT2D eigenvalue weighted by Gasteiger charge is -2.17. The van der Waals surface area contributed by atoms with Crippen LogP contribution < -0.4 is 10.2 Å². The predicted molar refractivity (Wildman–Crippen MR) is 94.7 cm³/mol. The molecular formula is C17H14BrClN2O2. The number of hydrogen-bond acceptors (Lipinski definition) is 2. The lowest BCUT2D eigenvalue weighted by atomic mass is 10.1. The van der Waals surface area contributed by atoms with Gasteiger partial charge in [0.15, 0.2) is 0 Å². The summed E-state index contributed by atoms with van der Waals surface area (Å²) in [7, 11) is 0. The average Bonchev–Trinajstić information content (AvgIpc) is 2.92. The first-order valence-electron chi connectivity index (χ1n) is 7.15. The van der Waals surface area contributed by atoms with Gasteiger partial charge in [-0.3, -0.25) is 9.59 Å². The molecule has 0 saturated carbocycles. The summed E-state index contributed by atoms with van der Waals surface area (Å²) < 4.78 is 0.943. The molecule has 0 aliphatic carbocycles. The van der Waals surface area contributed by atoms with E-state index in [1.54, 1.807) is 23.1 Å². The van der Waals surface area contributed by atoms with E-state index in [2.05, 4.69) is 21.2 Å². The zero-order valence-corrected chi connectivity index (χ0v) is 14.5. The van der Waals surface area contributed by atoms with Gasteiger partial charge in [-0.1, -0.05) is 33.6 Å². The molecule has 0 unspecified atom stereocenters. The van der Waals surface area contributed by atoms with Crippen LogP contribution in [0, 0.1) is 5.92 Å². The summed E-state index contributed by atoms with van der Waals surface area (Å²) in [5, 5.41) is 3.42. The van der Waals surface area contributed by atoms with Gasteiger partial charge in [0.2, 0.25) is 11.8 Å². The van der Waals surface area contributed by atoms with Crippen LogP contribution >= 0.6 is 27.5 Å². The smallest absolute Gasteiger partial charge is 0.229 e. The van der Waals surface area contributed by atoms with Gasteiger partial charge >= 0.3 is 0 Å². The number of hydrogen-bond donors (Lipinski definition) is 1. The van der Waals surface area contributed by atoms with E-state index in [0.29, 0.717) is 17.3 Å². The van der Waals surface area contributed by atoms with Gasteiger partial charge in [0.05, 0.1) is 5.92 Å². The van der Waals surface area contributed by atoms with Gasteiger partial charge in [-0.25, -0.2) is 0 Å². The zero-order valence-electron chi connectivity index (χ0n) is 12.1. The zero-order chi connectivity index (χ0) is 16.4. The molecule has 0 aromatic heterocycles. The Morgan fingerprint density at radius 2 is 1.96 bits per heavy atom. The van der Waals surface area contributed by atoms with Crippen LogP contribution in [0.25, 0.3) is 0 Å². The van der Waals surface area contributed by atoms with E-state index in [1.807, 2.05) is 30.3 Å². The minimum absolute atomic E-state index is 0.0665. The number of amides is 2. The van der Waals surface area contributed by atoms with Crippen LogP contribution in [-0.2, 0) is 9.59 Å². The number of halogens is 2. The van der Waals surface area contributed by atoms with E-state index in [4.69, 9.17) is 11.6 Å². The van der Waals surface area contributed by atoms with E-state index in [0.717, 1.165) is 10.2 Å². The largest absolute Gasteiger partial charge is 0.326 e. The van der Waals surface area contributed by atoms with Crippen molar-refractivity contribution in [2.24, 2.45) is 5.92 Å². The Bertz CT molecular complexity index is 749. The number of nitrogens with zero attached hydrogens (tertiary/aromatic N) is 1. The van der Waals surface area contributed by atoms with Gasteiger partial charge in [0, 0.05) is 33.8 Å². The van der Waals surface area contributed by atoms with Gasteiger partial charge < -0.3 is 10.2 Å². The molecule has 0 bridgehead atoms. The van der Waals surface area contributed by atoms with Crippen molar-refractivity contribution in [1.29, 1.82) is 0 Å². The molecule has 1 aliphatic heterocycles. The molecule has 0 spiro atoms. The quantitative estimate of drug-likeness (QED) is 0.854. The number of rotatable bonds is 3. The molecule has 1 N–H and O–H groups in total. The van der Waals surface area contributed by atoms with E-state index in [1.165, 1.54) is 0 Å². The first-order chi connectivity index (χ1) is 11.0. The Kier molecular flexibility index (Phi) is 4.68. The molecule has 1 saturated heterocycles. The summed E-state index contributed by atoms with van der Waals surface area (Å²) in [6.07, 6.45) is 0.203. The van der Waals surface area contributed by atoms with E-state index in [-0.39, 0.29) is 24.2 Å². The van der Waals surface area contributed by atoms with Gasteiger partial charge in [-0.2, -0.15) is 0 Å². The number of nitrogens with one attached hydrogen (secondary N) is 1. The number of carbonyl (C=O) groups excluding carboxylic acids is 2. The van der Waals surface area contributed by atoms with Crippen LogP contribution in [0.3, 0.4) is 0 Å². The lowest BCUT2D eigenvalue weighted by Crippen LogP contribution is -2.28. The molecule has 2 amide bonds. The van der Waals surface area contributed by atoms with Crippen LogP contribution in [0.4, 0.5) is 11.4 Å². The van der Waals surface area contributed by atoms with Gasteiger partial charge in [0.1, 0.15) is 0 Å².